The highest BCUT2D eigenvalue weighted by molar-refractivity contribution is 9.10. The Hall–Kier alpha value is -0.880. The van der Waals surface area contributed by atoms with Crippen LogP contribution < -0.4 is 11.3 Å². The summed E-state index contributed by atoms with van der Waals surface area (Å²) in [6.45, 7) is 0. The number of hydrogen-bond donors (Lipinski definition) is 2. The number of nitrogens with two attached hydrogens (primary N) is 1. The Bertz CT molecular complexity index is 541. The van der Waals surface area contributed by atoms with Crippen molar-refractivity contribution in [2.45, 2.75) is 12.5 Å². The molecule has 2 rings (SSSR count). The number of halogens is 2. The van der Waals surface area contributed by atoms with Crippen LogP contribution in [0.4, 0.5) is 0 Å². The van der Waals surface area contributed by atoms with E-state index in [2.05, 4.69) is 26.5 Å². The van der Waals surface area contributed by atoms with E-state index in [4.69, 9.17) is 17.4 Å². The van der Waals surface area contributed by atoms with Gasteiger partial charge in [0.1, 0.15) is 0 Å². The Kier molecular flexibility index (Phi) is 4.40. The van der Waals surface area contributed by atoms with Crippen LogP contribution in [-0.4, -0.2) is 9.78 Å². The van der Waals surface area contributed by atoms with Crippen LogP contribution in [0.5, 0.6) is 0 Å². The highest BCUT2D eigenvalue weighted by Crippen LogP contribution is 2.31. The van der Waals surface area contributed by atoms with E-state index >= 15 is 0 Å². The molecule has 1 unspecified atom stereocenters. The maximum atomic E-state index is 6.27. The summed E-state index contributed by atoms with van der Waals surface area (Å²) < 4.78 is 2.63. The molecule has 0 saturated heterocycles. The molecule has 1 atom stereocenters. The Balaban J connectivity index is 2.25. The van der Waals surface area contributed by atoms with Crippen LogP contribution in [0.2, 0.25) is 5.02 Å². The molecule has 0 aliphatic rings. The molecule has 0 fully saturated rings. The normalized spacial score (nSPS) is 12.7. The third kappa shape index (κ3) is 2.92. The molecule has 6 heteroatoms. The van der Waals surface area contributed by atoms with E-state index in [1.807, 2.05) is 37.5 Å². The van der Waals surface area contributed by atoms with E-state index in [1.165, 1.54) is 0 Å². The second-order valence-electron chi connectivity index (χ2n) is 4.05. The first-order valence-corrected chi connectivity index (χ1v) is 6.67. The van der Waals surface area contributed by atoms with Crippen molar-refractivity contribution in [3.8, 4) is 0 Å². The Labute approximate surface area is 119 Å². The van der Waals surface area contributed by atoms with E-state index in [1.54, 1.807) is 4.68 Å². The zero-order chi connectivity index (χ0) is 13.1. The lowest BCUT2D eigenvalue weighted by molar-refractivity contribution is 0.541. The second-order valence-corrected chi connectivity index (χ2v) is 5.28. The molecule has 1 aromatic carbocycles. The first-order valence-electron chi connectivity index (χ1n) is 5.50. The van der Waals surface area contributed by atoms with Gasteiger partial charge in [-0.15, -0.1) is 0 Å². The largest absolute Gasteiger partial charge is 0.276 e. The van der Waals surface area contributed by atoms with E-state index in [0.717, 1.165) is 15.7 Å². The summed E-state index contributed by atoms with van der Waals surface area (Å²) in [5.74, 6) is 5.62. The summed E-state index contributed by atoms with van der Waals surface area (Å²) >= 11 is 9.68. The van der Waals surface area contributed by atoms with Crippen LogP contribution in [0.15, 0.2) is 34.9 Å². The molecule has 0 radical (unpaired) electrons. The van der Waals surface area contributed by atoms with Crippen LogP contribution in [0.3, 0.4) is 0 Å². The van der Waals surface area contributed by atoms with Gasteiger partial charge in [-0.2, -0.15) is 5.10 Å². The summed E-state index contributed by atoms with van der Waals surface area (Å²) in [4.78, 5) is 0. The maximum absolute atomic E-state index is 6.27. The van der Waals surface area contributed by atoms with E-state index in [0.29, 0.717) is 11.4 Å². The molecule has 1 aromatic heterocycles. The molecule has 18 heavy (non-hydrogen) atoms. The molecule has 0 aliphatic carbocycles. The number of aromatic nitrogens is 2. The lowest BCUT2D eigenvalue weighted by Gasteiger charge is -2.17. The predicted molar refractivity (Wildman–Crippen MR) is 76.1 cm³/mol. The fourth-order valence-corrected chi connectivity index (χ4v) is 2.47. The van der Waals surface area contributed by atoms with Crippen molar-refractivity contribution in [2.75, 3.05) is 0 Å². The topological polar surface area (TPSA) is 55.9 Å². The van der Waals surface area contributed by atoms with Gasteiger partial charge in [-0.05, 0) is 33.6 Å². The molecule has 2 aromatic rings. The van der Waals surface area contributed by atoms with E-state index in [-0.39, 0.29) is 6.04 Å². The lowest BCUT2D eigenvalue weighted by atomic mass is 10.0. The SMILES string of the molecule is Cn1ccc(CC(NN)c2cccc(Br)c2Cl)n1. The van der Waals surface area contributed by atoms with Crippen LogP contribution in [0, 0.1) is 0 Å². The summed E-state index contributed by atoms with van der Waals surface area (Å²) in [6, 6.07) is 7.70. The molecule has 0 bridgehead atoms. The van der Waals surface area contributed by atoms with Gasteiger partial charge in [0.15, 0.2) is 0 Å². The molecule has 3 N–H and O–H groups in total. The Morgan fingerprint density at radius 2 is 2.28 bits per heavy atom. The fraction of sp³-hybridized carbons (Fsp3) is 0.250. The monoisotopic (exact) mass is 328 g/mol. The number of hydrogen-bond acceptors (Lipinski definition) is 3. The van der Waals surface area contributed by atoms with E-state index in [9.17, 15) is 0 Å². The van der Waals surface area contributed by atoms with Crippen LogP contribution in [0.1, 0.15) is 17.3 Å². The molecule has 0 aliphatic heterocycles. The van der Waals surface area contributed by atoms with E-state index < -0.39 is 0 Å². The van der Waals surface area contributed by atoms with Gasteiger partial charge in [0.05, 0.1) is 16.8 Å². The quantitative estimate of drug-likeness (QED) is 0.669. The zero-order valence-electron chi connectivity index (χ0n) is 9.90. The number of aryl methyl sites for hydroxylation is 1. The summed E-state index contributed by atoms with van der Waals surface area (Å²) in [7, 11) is 1.89. The fourth-order valence-electron chi connectivity index (χ4n) is 1.83. The molecule has 4 nitrogen and oxygen atoms in total. The van der Waals surface area contributed by atoms with Crippen LogP contribution >= 0.6 is 27.5 Å². The van der Waals surface area contributed by atoms with Gasteiger partial charge >= 0.3 is 0 Å². The highest BCUT2D eigenvalue weighted by atomic mass is 79.9. The van der Waals surface area contributed by atoms with Crippen LogP contribution in [0.25, 0.3) is 0 Å². The number of rotatable bonds is 4. The number of nitrogens with zero attached hydrogens (tertiary/aromatic N) is 2. The van der Waals surface area contributed by atoms with Crippen molar-refractivity contribution in [1.82, 2.24) is 15.2 Å². The average Bonchev–Trinajstić information content (AvgIpc) is 2.76. The standard InChI is InChI=1S/C12H14BrClN4/c1-18-6-5-8(17-18)7-11(16-15)9-3-2-4-10(13)12(9)14/h2-6,11,16H,7,15H2,1H3. The van der Waals surface area contributed by atoms with Gasteiger partial charge in [0.2, 0.25) is 0 Å². The molecule has 96 valence electrons. The Morgan fingerprint density at radius 3 is 2.89 bits per heavy atom. The summed E-state index contributed by atoms with van der Waals surface area (Å²) in [6.07, 6.45) is 2.60. The van der Waals surface area contributed by atoms with Gasteiger partial charge in [0, 0.05) is 24.1 Å². The zero-order valence-corrected chi connectivity index (χ0v) is 12.2. The summed E-state index contributed by atoms with van der Waals surface area (Å²) in [5.41, 5.74) is 4.72. The van der Waals surface area contributed by atoms with Crippen molar-refractivity contribution < 1.29 is 0 Å². The average molecular weight is 330 g/mol. The number of benzene rings is 1. The molecule has 0 saturated carbocycles. The van der Waals surface area contributed by atoms with Crippen molar-refractivity contribution in [3.63, 3.8) is 0 Å². The molecule has 1 heterocycles. The minimum atomic E-state index is -0.0649. The first-order chi connectivity index (χ1) is 8.61. The smallest absolute Gasteiger partial charge is 0.0643 e. The first kappa shape index (κ1) is 13.5. The van der Waals surface area contributed by atoms with Crippen molar-refractivity contribution in [3.05, 3.63) is 51.2 Å². The number of hydrazine groups is 1. The lowest BCUT2D eigenvalue weighted by Crippen LogP contribution is -2.30. The maximum Gasteiger partial charge on any atom is 0.0643 e. The molecular formula is C12H14BrClN4. The van der Waals surface area contributed by atoms with Crippen molar-refractivity contribution in [2.24, 2.45) is 12.9 Å². The molecule has 0 spiro atoms. The van der Waals surface area contributed by atoms with Gasteiger partial charge < -0.3 is 0 Å². The molecular weight excluding hydrogens is 316 g/mol. The van der Waals surface area contributed by atoms with Crippen molar-refractivity contribution in [1.29, 1.82) is 0 Å². The number of nitrogens with one attached hydrogen (secondary N) is 1. The second kappa shape index (κ2) is 5.84. The minimum Gasteiger partial charge on any atom is -0.276 e. The predicted octanol–water partition coefficient (Wildman–Crippen LogP) is 2.58. The van der Waals surface area contributed by atoms with Gasteiger partial charge in [-0.1, -0.05) is 23.7 Å². The third-order valence-electron chi connectivity index (χ3n) is 2.74. The van der Waals surface area contributed by atoms with Gasteiger partial charge in [-0.3, -0.25) is 16.0 Å². The van der Waals surface area contributed by atoms with Gasteiger partial charge in [-0.25, -0.2) is 0 Å². The highest BCUT2D eigenvalue weighted by Gasteiger charge is 2.16. The van der Waals surface area contributed by atoms with Gasteiger partial charge in [0.25, 0.3) is 0 Å². The molecule has 0 amide bonds. The Morgan fingerprint density at radius 1 is 1.50 bits per heavy atom. The van der Waals surface area contributed by atoms with Crippen molar-refractivity contribution >= 4 is 27.5 Å². The summed E-state index contributed by atoms with van der Waals surface area (Å²) in [5, 5.41) is 5.02. The third-order valence-corrected chi connectivity index (χ3v) is 4.05. The van der Waals surface area contributed by atoms with Crippen LogP contribution in [-0.2, 0) is 13.5 Å². The minimum absolute atomic E-state index is 0.0649.